The van der Waals surface area contributed by atoms with Gasteiger partial charge in [0.2, 0.25) is 10.0 Å². The molecule has 1 saturated heterocycles. The zero-order valence-corrected chi connectivity index (χ0v) is 17.2. The average Bonchev–Trinajstić information content (AvgIpc) is 3.13. The predicted octanol–water partition coefficient (Wildman–Crippen LogP) is 3.63. The molecule has 3 aromatic rings. The van der Waals surface area contributed by atoms with Crippen molar-refractivity contribution >= 4 is 10.0 Å². The van der Waals surface area contributed by atoms with Crippen molar-refractivity contribution in [1.82, 2.24) is 9.21 Å². The highest BCUT2D eigenvalue weighted by atomic mass is 32.2. The highest BCUT2D eigenvalue weighted by Gasteiger charge is 2.37. The second kappa shape index (κ2) is 7.37. The van der Waals surface area contributed by atoms with Crippen molar-refractivity contribution in [3.05, 3.63) is 89.5 Å². The van der Waals surface area contributed by atoms with E-state index >= 15 is 0 Å². The van der Waals surface area contributed by atoms with Gasteiger partial charge in [-0.2, -0.15) is 9.57 Å². The van der Waals surface area contributed by atoms with Gasteiger partial charge in [-0.25, -0.2) is 8.42 Å². The van der Waals surface area contributed by atoms with Gasteiger partial charge in [0, 0.05) is 26.2 Å². The van der Waals surface area contributed by atoms with Crippen LogP contribution in [0.15, 0.2) is 77.7 Å². The van der Waals surface area contributed by atoms with Crippen molar-refractivity contribution in [2.75, 3.05) is 26.2 Å². The van der Waals surface area contributed by atoms with Gasteiger partial charge in [-0.3, -0.25) is 4.90 Å². The van der Waals surface area contributed by atoms with E-state index < -0.39 is 10.0 Å². The topological polar surface area (TPSA) is 64.4 Å². The van der Waals surface area contributed by atoms with Crippen LogP contribution in [0.2, 0.25) is 0 Å². The molecule has 0 aromatic heterocycles. The summed E-state index contributed by atoms with van der Waals surface area (Å²) in [4.78, 5) is 2.46. The van der Waals surface area contributed by atoms with Gasteiger partial charge in [0.05, 0.1) is 16.5 Å². The Morgan fingerprint density at radius 3 is 1.90 bits per heavy atom. The summed E-state index contributed by atoms with van der Waals surface area (Å²) in [5.41, 5.74) is 5.28. The van der Waals surface area contributed by atoms with Crippen LogP contribution < -0.4 is 0 Å². The van der Waals surface area contributed by atoms with Crippen LogP contribution in [0, 0.1) is 11.3 Å². The summed E-state index contributed by atoms with van der Waals surface area (Å²) >= 11 is 0. The van der Waals surface area contributed by atoms with Crippen LogP contribution in [0.5, 0.6) is 0 Å². The van der Waals surface area contributed by atoms with Crippen molar-refractivity contribution in [3.63, 3.8) is 0 Å². The van der Waals surface area contributed by atoms with Crippen LogP contribution in [-0.2, 0) is 10.0 Å². The summed E-state index contributed by atoms with van der Waals surface area (Å²) in [5.74, 6) is 0. The minimum absolute atomic E-state index is 0.0949. The smallest absolute Gasteiger partial charge is 0.244 e. The van der Waals surface area contributed by atoms with E-state index in [1.54, 1.807) is 18.2 Å². The van der Waals surface area contributed by atoms with Gasteiger partial charge in [-0.1, -0.05) is 60.7 Å². The normalized spacial score (nSPS) is 17.3. The van der Waals surface area contributed by atoms with E-state index in [9.17, 15) is 13.7 Å². The molecule has 0 radical (unpaired) electrons. The van der Waals surface area contributed by atoms with Gasteiger partial charge in [0.1, 0.15) is 6.07 Å². The lowest BCUT2D eigenvalue weighted by Crippen LogP contribution is -2.49. The number of hydrogen-bond donors (Lipinski definition) is 0. The molecule has 5 rings (SSSR count). The van der Waals surface area contributed by atoms with Crippen LogP contribution in [-0.4, -0.2) is 43.8 Å². The molecular formula is C24H21N3O2S. The van der Waals surface area contributed by atoms with E-state index in [0.29, 0.717) is 26.2 Å². The van der Waals surface area contributed by atoms with Crippen molar-refractivity contribution in [3.8, 4) is 17.2 Å². The molecule has 30 heavy (non-hydrogen) atoms. The number of rotatable bonds is 3. The third kappa shape index (κ3) is 2.94. The van der Waals surface area contributed by atoms with E-state index in [4.69, 9.17) is 0 Å². The number of nitrogens with zero attached hydrogens (tertiary/aromatic N) is 3. The predicted molar refractivity (Wildman–Crippen MR) is 115 cm³/mol. The molecule has 0 saturated carbocycles. The number of fused-ring (bicyclic) bond motifs is 3. The molecule has 6 heteroatoms. The first-order chi connectivity index (χ1) is 14.6. The van der Waals surface area contributed by atoms with E-state index in [2.05, 4.69) is 53.4 Å². The number of piperazine rings is 1. The van der Waals surface area contributed by atoms with Gasteiger partial charge in [0.15, 0.2) is 0 Å². The summed E-state index contributed by atoms with van der Waals surface area (Å²) in [7, 11) is -3.69. The van der Waals surface area contributed by atoms with Crippen LogP contribution in [0.1, 0.15) is 22.7 Å². The lowest BCUT2D eigenvalue weighted by molar-refractivity contribution is 0.158. The Kier molecular flexibility index (Phi) is 4.67. The molecule has 0 N–H and O–H groups in total. The van der Waals surface area contributed by atoms with Crippen molar-refractivity contribution in [2.45, 2.75) is 10.9 Å². The SMILES string of the molecule is N#Cc1ccccc1S(=O)(=O)N1CCN(C2c3ccccc3-c3ccccc32)CC1. The molecule has 1 fully saturated rings. The monoisotopic (exact) mass is 415 g/mol. The maximum atomic E-state index is 13.1. The largest absolute Gasteiger partial charge is 0.290 e. The first kappa shape index (κ1) is 19.0. The molecule has 2 aliphatic rings. The Bertz CT molecular complexity index is 1210. The maximum absolute atomic E-state index is 13.1. The fourth-order valence-electron chi connectivity index (χ4n) is 4.65. The van der Waals surface area contributed by atoms with Gasteiger partial charge in [-0.05, 0) is 34.4 Å². The Labute approximate surface area is 176 Å². The first-order valence-electron chi connectivity index (χ1n) is 10.0. The zero-order valence-electron chi connectivity index (χ0n) is 16.4. The fourth-order valence-corrected chi connectivity index (χ4v) is 6.21. The lowest BCUT2D eigenvalue weighted by atomic mass is 10.0. The molecule has 1 heterocycles. The third-order valence-electron chi connectivity index (χ3n) is 6.06. The van der Waals surface area contributed by atoms with E-state index in [-0.39, 0.29) is 16.5 Å². The van der Waals surface area contributed by atoms with Crippen LogP contribution in [0.3, 0.4) is 0 Å². The number of sulfonamides is 1. The summed E-state index contributed by atoms with van der Waals surface area (Å²) in [6.07, 6.45) is 0. The highest BCUT2D eigenvalue weighted by Crippen LogP contribution is 2.46. The van der Waals surface area contributed by atoms with Crippen molar-refractivity contribution < 1.29 is 8.42 Å². The Morgan fingerprint density at radius 2 is 1.30 bits per heavy atom. The molecule has 1 aliphatic carbocycles. The molecule has 0 unspecified atom stereocenters. The van der Waals surface area contributed by atoms with E-state index in [0.717, 1.165) is 0 Å². The minimum atomic E-state index is -3.69. The first-order valence-corrected chi connectivity index (χ1v) is 11.5. The lowest BCUT2D eigenvalue weighted by Gasteiger charge is -2.38. The second-order valence-corrected chi connectivity index (χ2v) is 9.53. The molecule has 0 bridgehead atoms. The zero-order chi connectivity index (χ0) is 20.7. The Morgan fingerprint density at radius 1 is 0.767 bits per heavy atom. The van der Waals surface area contributed by atoms with Crippen LogP contribution in [0.4, 0.5) is 0 Å². The summed E-state index contributed by atoms with van der Waals surface area (Å²) in [6, 6.07) is 25.5. The van der Waals surface area contributed by atoms with Crippen LogP contribution >= 0.6 is 0 Å². The van der Waals surface area contributed by atoms with Gasteiger partial charge >= 0.3 is 0 Å². The Hall–Kier alpha value is -2.98. The fraction of sp³-hybridized carbons (Fsp3) is 0.208. The number of benzene rings is 3. The molecule has 0 amide bonds. The average molecular weight is 416 g/mol. The molecule has 5 nitrogen and oxygen atoms in total. The van der Waals surface area contributed by atoms with Crippen molar-refractivity contribution in [1.29, 1.82) is 5.26 Å². The maximum Gasteiger partial charge on any atom is 0.244 e. The van der Waals surface area contributed by atoms with Crippen molar-refractivity contribution in [2.24, 2.45) is 0 Å². The summed E-state index contributed by atoms with van der Waals surface area (Å²) < 4.78 is 27.8. The van der Waals surface area contributed by atoms with Gasteiger partial charge < -0.3 is 0 Å². The molecule has 1 aliphatic heterocycles. The summed E-state index contributed by atoms with van der Waals surface area (Å²) in [5, 5.41) is 9.31. The number of hydrogen-bond acceptors (Lipinski definition) is 4. The second-order valence-electron chi connectivity index (χ2n) is 7.63. The molecule has 0 atom stereocenters. The quantitative estimate of drug-likeness (QED) is 0.655. The summed E-state index contributed by atoms with van der Waals surface area (Å²) in [6.45, 7) is 2.09. The number of nitriles is 1. The standard InChI is InChI=1S/C24H21N3O2S/c25-17-18-7-1-6-12-23(18)30(28,29)27-15-13-26(14-16-27)24-21-10-4-2-8-19(21)20-9-3-5-11-22(20)24/h1-12,24H,13-16H2. The third-order valence-corrected chi connectivity index (χ3v) is 8.02. The van der Waals surface area contributed by atoms with E-state index in [1.165, 1.54) is 32.6 Å². The highest BCUT2D eigenvalue weighted by molar-refractivity contribution is 7.89. The molecular weight excluding hydrogens is 394 g/mol. The minimum Gasteiger partial charge on any atom is -0.290 e. The van der Waals surface area contributed by atoms with E-state index in [1.807, 2.05) is 6.07 Å². The molecule has 0 spiro atoms. The van der Waals surface area contributed by atoms with Gasteiger partial charge in [0.25, 0.3) is 0 Å². The Balaban J connectivity index is 1.41. The molecule has 3 aromatic carbocycles. The van der Waals surface area contributed by atoms with Gasteiger partial charge in [-0.15, -0.1) is 0 Å². The van der Waals surface area contributed by atoms with Crippen LogP contribution in [0.25, 0.3) is 11.1 Å². The molecule has 150 valence electrons.